The molecule has 2 bridgehead atoms. The molecule has 1 aliphatic carbocycles. The molecule has 0 saturated carbocycles. The highest BCUT2D eigenvalue weighted by Crippen LogP contribution is 2.45. The molecule has 1 aromatic carbocycles. The second-order valence-electron chi connectivity index (χ2n) is 9.20. The second-order valence-corrected chi connectivity index (χ2v) is 9.59. The molecule has 0 aromatic heterocycles. The monoisotopic (exact) mass is 411 g/mol. The fourth-order valence-corrected chi connectivity index (χ4v) is 6.69. The van der Waals surface area contributed by atoms with Gasteiger partial charge in [0.15, 0.2) is 16.6 Å². The van der Waals surface area contributed by atoms with Crippen LogP contribution in [0.4, 0.5) is 5.69 Å². The average molecular weight is 412 g/mol. The number of thiocarbonyl (C=S) groups is 1. The van der Waals surface area contributed by atoms with Crippen LogP contribution in [0.1, 0.15) is 38.5 Å². The maximum atomic E-state index is 5.92. The van der Waals surface area contributed by atoms with E-state index in [0.29, 0.717) is 18.8 Å². The first-order valence-corrected chi connectivity index (χ1v) is 11.6. The third-order valence-corrected chi connectivity index (χ3v) is 7.88. The van der Waals surface area contributed by atoms with Gasteiger partial charge in [-0.15, -0.1) is 0 Å². The number of benzene rings is 1. The summed E-state index contributed by atoms with van der Waals surface area (Å²) < 4.78 is 11.0. The van der Waals surface area contributed by atoms with Crippen molar-refractivity contribution in [2.75, 3.05) is 31.7 Å². The third-order valence-electron chi connectivity index (χ3n) is 7.54. The van der Waals surface area contributed by atoms with Crippen molar-refractivity contribution in [3.05, 3.63) is 29.8 Å². The van der Waals surface area contributed by atoms with Gasteiger partial charge in [0.05, 0.1) is 6.04 Å². The minimum absolute atomic E-state index is 0.298. The van der Waals surface area contributed by atoms with Crippen molar-refractivity contribution in [2.24, 2.45) is 11.8 Å². The molecule has 4 atom stereocenters. The summed E-state index contributed by atoms with van der Waals surface area (Å²) in [4.78, 5) is 5.26. The van der Waals surface area contributed by atoms with E-state index in [4.69, 9.17) is 21.7 Å². The van der Waals surface area contributed by atoms with Gasteiger partial charge < -0.3 is 19.7 Å². The molecular weight excluding hydrogens is 382 g/mol. The van der Waals surface area contributed by atoms with E-state index in [1.807, 2.05) is 18.2 Å². The highest BCUT2D eigenvalue weighted by molar-refractivity contribution is 7.80. The molecule has 0 amide bonds. The molecule has 0 spiro atoms. The zero-order valence-corrected chi connectivity index (χ0v) is 17.6. The summed E-state index contributed by atoms with van der Waals surface area (Å²) in [5.74, 6) is 3.06. The van der Waals surface area contributed by atoms with Gasteiger partial charge in [0.1, 0.15) is 0 Å². The first kappa shape index (κ1) is 18.0. The van der Waals surface area contributed by atoms with E-state index < -0.39 is 0 Å². The number of fused-ring (bicyclic) bond motifs is 7. The lowest BCUT2D eigenvalue weighted by Crippen LogP contribution is -2.60. The van der Waals surface area contributed by atoms with Gasteiger partial charge in [-0.2, -0.15) is 0 Å². The number of nitrogens with zero attached hydrogens (tertiary/aromatic N) is 2. The maximum absolute atomic E-state index is 5.92. The number of anilines is 1. The summed E-state index contributed by atoms with van der Waals surface area (Å²) in [6.07, 6.45) is 10.6. The molecule has 6 heteroatoms. The molecule has 6 rings (SSSR count). The normalized spacial score (nSPS) is 32.8. The molecule has 0 radical (unpaired) electrons. The Kier molecular flexibility index (Phi) is 4.45. The molecule has 3 fully saturated rings. The lowest BCUT2D eigenvalue weighted by atomic mass is 9.68. The van der Waals surface area contributed by atoms with Crippen molar-refractivity contribution in [3.63, 3.8) is 0 Å². The van der Waals surface area contributed by atoms with Gasteiger partial charge in [-0.25, -0.2) is 0 Å². The predicted octanol–water partition coefficient (Wildman–Crippen LogP) is 4.01. The van der Waals surface area contributed by atoms with Crippen molar-refractivity contribution in [1.29, 1.82) is 0 Å². The maximum Gasteiger partial charge on any atom is 0.231 e. The Bertz CT molecular complexity index is 857. The van der Waals surface area contributed by atoms with E-state index in [1.165, 1.54) is 51.6 Å². The topological polar surface area (TPSA) is 37.0 Å². The Hall–Kier alpha value is -1.79. The zero-order valence-electron chi connectivity index (χ0n) is 16.8. The minimum atomic E-state index is 0.298. The zero-order chi connectivity index (χ0) is 19.4. The van der Waals surface area contributed by atoms with Gasteiger partial charge in [0.25, 0.3) is 0 Å². The van der Waals surface area contributed by atoms with Crippen LogP contribution in [-0.4, -0.2) is 53.4 Å². The Morgan fingerprint density at radius 1 is 1.10 bits per heavy atom. The molecule has 5 nitrogen and oxygen atoms in total. The molecule has 4 heterocycles. The lowest BCUT2D eigenvalue weighted by Gasteiger charge is -2.55. The van der Waals surface area contributed by atoms with Crippen LogP contribution in [0.3, 0.4) is 0 Å². The summed E-state index contributed by atoms with van der Waals surface area (Å²) in [5, 5.41) is 4.33. The van der Waals surface area contributed by atoms with E-state index in [0.717, 1.165) is 40.8 Å². The van der Waals surface area contributed by atoms with E-state index in [2.05, 4.69) is 21.2 Å². The summed E-state index contributed by atoms with van der Waals surface area (Å²) in [6, 6.07) is 7.23. The van der Waals surface area contributed by atoms with Crippen molar-refractivity contribution in [2.45, 2.75) is 50.6 Å². The van der Waals surface area contributed by atoms with Gasteiger partial charge in [-0.1, -0.05) is 18.1 Å². The molecule has 2 unspecified atom stereocenters. The van der Waals surface area contributed by atoms with Gasteiger partial charge in [-0.3, -0.25) is 4.90 Å². The van der Waals surface area contributed by atoms with Gasteiger partial charge in [0.2, 0.25) is 6.79 Å². The molecule has 3 saturated heterocycles. The predicted molar refractivity (Wildman–Crippen MR) is 117 cm³/mol. The van der Waals surface area contributed by atoms with E-state index >= 15 is 0 Å². The second kappa shape index (κ2) is 7.17. The molecule has 1 aromatic rings. The summed E-state index contributed by atoms with van der Waals surface area (Å²) in [7, 11) is 0. The molecule has 1 N–H and O–H groups in total. The number of rotatable bonds is 1. The minimum Gasteiger partial charge on any atom is -0.454 e. The number of ether oxygens (including phenoxy) is 2. The number of hydrogen-bond donors (Lipinski definition) is 1. The largest absolute Gasteiger partial charge is 0.454 e. The molecular formula is C23H29N3O2S. The van der Waals surface area contributed by atoms with E-state index in [1.54, 1.807) is 5.57 Å². The van der Waals surface area contributed by atoms with Crippen molar-refractivity contribution < 1.29 is 9.47 Å². The van der Waals surface area contributed by atoms with Crippen LogP contribution >= 0.6 is 12.2 Å². The third kappa shape index (κ3) is 3.12. The van der Waals surface area contributed by atoms with Crippen LogP contribution in [0.5, 0.6) is 11.5 Å². The Labute approximate surface area is 178 Å². The highest BCUT2D eigenvalue weighted by atomic mass is 32.1. The van der Waals surface area contributed by atoms with Gasteiger partial charge >= 0.3 is 0 Å². The molecule has 29 heavy (non-hydrogen) atoms. The molecule has 5 aliphatic rings. The summed E-state index contributed by atoms with van der Waals surface area (Å²) in [5.41, 5.74) is 2.63. The first-order valence-electron chi connectivity index (χ1n) is 11.2. The Morgan fingerprint density at radius 2 is 2.03 bits per heavy atom. The average Bonchev–Trinajstić information content (AvgIpc) is 3.21. The van der Waals surface area contributed by atoms with Crippen LogP contribution in [0.15, 0.2) is 29.8 Å². The smallest absolute Gasteiger partial charge is 0.231 e. The van der Waals surface area contributed by atoms with Crippen LogP contribution in [0.25, 0.3) is 0 Å². The fourth-order valence-electron chi connectivity index (χ4n) is 6.37. The lowest BCUT2D eigenvalue weighted by molar-refractivity contribution is 0.0132. The van der Waals surface area contributed by atoms with Gasteiger partial charge in [-0.05, 0) is 74.8 Å². The van der Waals surface area contributed by atoms with Crippen molar-refractivity contribution in [1.82, 2.24) is 9.80 Å². The summed E-state index contributed by atoms with van der Waals surface area (Å²) >= 11 is 5.92. The van der Waals surface area contributed by atoms with E-state index in [9.17, 15) is 0 Å². The number of likely N-dealkylation sites (tertiary alicyclic amines) is 1. The van der Waals surface area contributed by atoms with Crippen LogP contribution in [-0.2, 0) is 0 Å². The Morgan fingerprint density at radius 3 is 3.00 bits per heavy atom. The van der Waals surface area contributed by atoms with Crippen LogP contribution < -0.4 is 14.8 Å². The highest BCUT2D eigenvalue weighted by Gasteiger charge is 2.46. The first-order chi connectivity index (χ1) is 14.3. The number of hydrogen-bond acceptors (Lipinski definition) is 4. The number of nitrogens with one attached hydrogen (secondary N) is 1. The Balaban J connectivity index is 1.24. The quantitative estimate of drug-likeness (QED) is 0.556. The van der Waals surface area contributed by atoms with Crippen molar-refractivity contribution in [3.8, 4) is 11.5 Å². The molecule has 4 aliphatic heterocycles. The van der Waals surface area contributed by atoms with Gasteiger partial charge in [0, 0.05) is 30.9 Å². The number of piperidine rings is 3. The standard InChI is InChI=1S/C23H29N3O2S/c29-23(24-18-6-7-20-21(12-18)28-14-27-20)26-9-3-4-15-10-16-11-17(22(15)26)13-25-8-2-1-5-19(16)25/h6-7,10,12,16-17,19,22H,1-5,8-9,11,13-14H2,(H,24,29)/t16?,17?,19-,22-/m1/s1. The fraction of sp³-hybridized carbons (Fsp3) is 0.609. The van der Waals surface area contributed by atoms with Crippen LogP contribution in [0, 0.1) is 11.8 Å². The SMILES string of the molecule is S=C(Nc1ccc2c(c1)OCO2)N1CCCC2=CC3CC(CN4CCCC[C@H]34)[C@@H]21. The summed E-state index contributed by atoms with van der Waals surface area (Å²) in [6.45, 7) is 3.87. The van der Waals surface area contributed by atoms with Crippen molar-refractivity contribution >= 4 is 23.0 Å². The van der Waals surface area contributed by atoms with E-state index in [-0.39, 0.29) is 0 Å². The van der Waals surface area contributed by atoms with Crippen LogP contribution in [0.2, 0.25) is 0 Å². The molecule has 154 valence electrons.